The van der Waals surface area contributed by atoms with E-state index < -0.39 is 0 Å². The first-order valence-electron chi connectivity index (χ1n) is 9.43. The van der Waals surface area contributed by atoms with E-state index in [0.29, 0.717) is 24.6 Å². The van der Waals surface area contributed by atoms with Crippen LogP contribution in [-0.4, -0.2) is 36.3 Å². The maximum absolute atomic E-state index is 12.3. The summed E-state index contributed by atoms with van der Waals surface area (Å²) in [4.78, 5) is 26.4. The van der Waals surface area contributed by atoms with Gasteiger partial charge >= 0.3 is 0 Å². The minimum atomic E-state index is -0.117. The van der Waals surface area contributed by atoms with Gasteiger partial charge in [0.05, 0.1) is 0 Å². The Morgan fingerprint density at radius 1 is 1.08 bits per heavy atom. The van der Waals surface area contributed by atoms with Gasteiger partial charge in [-0.15, -0.1) is 0 Å². The van der Waals surface area contributed by atoms with Crippen LogP contribution in [0.4, 0.5) is 0 Å². The molecule has 25 heavy (non-hydrogen) atoms. The molecule has 1 aromatic carbocycles. The Bertz CT molecular complexity index is 581. The van der Waals surface area contributed by atoms with Gasteiger partial charge in [0.15, 0.2) is 0 Å². The Hall–Kier alpha value is -1.84. The third kappa shape index (κ3) is 5.58. The minimum absolute atomic E-state index is 0.0745. The number of benzene rings is 1. The van der Waals surface area contributed by atoms with Crippen molar-refractivity contribution < 1.29 is 9.59 Å². The minimum Gasteiger partial charge on any atom is -0.352 e. The molecule has 1 saturated carbocycles. The topological polar surface area (TPSA) is 49.4 Å². The summed E-state index contributed by atoms with van der Waals surface area (Å²) in [5.74, 6) is 0.00357. The van der Waals surface area contributed by atoms with E-state index in [1.54, 1.807) is 0 Å². The summed E-state index contributed by atoms with van der Waals surface area (Å²) < 4.78 is 0. The predicted molar refractivity (Wildman–Crippen MR) is 102 cm³/mol. The molecule has 0 radical (unpaired) electrons. The van der Waals surface area contributed by atoms with Gasteiger partial charge in [-0.1, -0.05) is 52.2 Å². The highest BCUT2D eigenvalue weighted by atomic mass is 16.2. The monoisotopic (exact) mass is 344 g/mol. The lowest BCUT2D eigenvalue weighted by molar-refractivity contribution is -0.132. The fourth-order valence-electron chi connectivity index (χ4n) is 3.35. The SMILES string of the molecule is CN(C(=O)CCNC(=O)c1ccc(C(C)(C)C)cc1)C1CCCCC1. The Labute approximate surface area is 152 Å². The number of carbonyl (C=O) groups is 2. The highest BCUT2D eigenvalue weighted by molar-refractivity contribution is 5.94. The van der Waals surface area contributed by atoms with Crippen molar-refractivity contribution in [2.75, 3.05) is 13.6 Å². The number of hydrogen-bond acceptors (Lipinski definition) is 2. The maximum atomic E-state index is 12.3. The molecule has 2 amide bonds. The molecular weight excluding hydrogens is 312 g/mol. The van der Waals surface area contributed by atoms with Crippen molar-refractivity contribution in [3.8, 4) is 0 Å². The molecule has 4 heteroatoms. The van der Waals surface area contributed by atoms with Gasteiger partial charge in [-0.25, -0.2) is 0 Å². The van der Waals surface area contributed by atoms with Crippen LogP contribution < -0.4 is 5.32 Å². The molecule has 1 aromatic rings. The second-order valence-corrected chi connectivity index (χ2v) is 8.13. The van der Waals surface area contributed by atoms with Crippen molar-refractivity contribution in [2.45, 2.75) is 70.8 Å². The number of nitrogens with one attached hydrogen (secondary N) is 1. The van der Waals surface area contributed by atoms with Gasteiger partial charge in [0.2, 0.25) is 5.91 Å². The van der Waals surface area contributed by atoms with Gasteiger partial charge in [-0.3, -0.25) is 9.59 Å². The summed E-state index contributed by atoms with van der Waals surface area (Å²) in [6, 6.07) is 8.08. The quantitative estimate of drug-likeness (QED) is 0.881. The Morgan fingerprint density at radius 3 is 2.24 bits per heavy atom. The first-order chi connectivity index (χ1) is 11.8. The van der Waals surface area contributed by atoms with E-state index in [9.17, 15) is 9.59 Å². The van der Waals surface area contributed by atoms with Gasteiger partial charge < -0.3 is 10.2 Å². The molecule has 1 N–H and O–H groups in total. The van der Waals surface area contributed by atoms with Crippen LogP contribution in [0.2, 0.25) is 0 Å². The summed E-state index contributed by atoms with van der Waals surface area (Å²) in [6.07, 6.45) is 6.28. The first-order valence-corrected chi connectivity index (χ1v) is 9.43. The van der Waals surface area contributed by atoms with Crippen LogP contribution in [0, 0.1) is 0 Å². The average Bonchev–Trinajstić information content (AvgIpc) is 2.61. The second-order valence-electron chi connectivity index (χ2n) is 8.13. The van der Waals surface area contributed by atoms with Gasteiger partial charge in [0.25, 0.3) is 5.91 Å². The zero-order valence-electron chi connectivity index (χ0n) is 16.1. The lowest BCUT2D eigenvalue weighted by Crippen LogP contribution is -2.39. The maximum Gasteiger partial charge on any atom is 0.251 e. The molecule has 2 rings (SSSR count). The summed E-state index contributed by atoms with van der Waals surface area (Å²) >= 11 is 0. The second kappa shape index (κ2) is 8.50. The number of amides is 2. The largest absolute Gasteiger partial charge is 0.352 e. The lowest BCUT2D eigenvalue weighted by Gasteiger charge is -2.31. The summed E-state index contributed by atoms with van der Waals surface area (Å²) in [7, 11) is 1.89. The van der Waals surface area contributed by atoms with E-state index in [0.717, 1.165) is 12.8 Å². The normalized spacial score (nSPS) is 15.7. The zero-order chi connectivity index (χ0) is 18.4. The van der Waals surface area contributed by atoms with Gasteiger partial charge in [0, 0.05) is 31.6 Å². The molecule has 1 aliphatic rings. The molecule has 138 valence electrons. The van der Waals surface area contributed by atoms with Crippen LogP contribution in [0.3, 0.4) is 0 Å². The molecule has 0 spiro atoms. The highest BCUT2D eigenvalue weighted by Gasteiger charge is 2.21. The van der Waals surface area contributed by atoms with E-state index in [4.69, 9.17) is 0 Å². The van der Waals surface area contributed by atoms with Gasteiger partial charge in [0.1, 0.15) is 0 Å². The number of nitrogens with zero attached hydrogens (tertiary/aromatic N) is 1. The zero-order valence-corrected chi connectivity index (χ0v) is 16.1. The number of carbonyl (C=O) groups excluding carboxylic acids is 2. The number of rotatable bonds is 5. The molecule has 0 aliphatic heterocycles. The van der Waals surface area contributed by atoms with Crippen molar-refractivity contribution in [1.82, 2.24) is 10.2 Å². The van der Waals surface area contributed by atoms with Crippen molar-refractivity contribution in [3.63, 3.8) is 0 Å². The van der Waals surface area contributed by atoms with Gasteiger partial charge in [-0.2, -0.15) is 0 Å². The molecule has 4 nitrogen and oxygen atoms in total. The fourth-order valence-corrected chi connectivity index (χ4v) is 3.35. The molecule has 0 unspecified atom stereocenters. The van der Waals surface area contributed by atoms with E-state index in [1.165, 1.54) is 24.8 Å². The van der Waals surface area contributed by atoms with Crippen molar-refractivity contribution >= 4 is 11.8 Å². The first kappa shape index (κ1) is 19.5. The van der Waals surface area contributed by atoms with Crippen molar-refractivity contribution in [1.29, 1.82) is 0 Å². The van der Waals surface area contributed by atoms with Crippen molar-refractivity contribution in [3.05, 3.63) is 35.4 Å². The molecule has 0 bridgehead atoms. The summed E-state index contributed by atoms with van der Waals surface area (Å²) in [5, 5.41) is 2.86. The fraction of sp³-hybridized carbons (Fsp3) is 0.619. The summed E-state index contributed by atoms with van der Waals surface area (Å²) in [5.41, 5.74) is 1.92. The Kier molecular flexibility index (Phi) is 6.63. The highest BCUT2D eigenvalue weighted by Crippen LogP contribution is 2.23. The predicted octanol–water partition coefficient (Wildman–Crippen LogP) is 3.90. The van der Waals surface area contributed by atoms with Crippen molar-refractivity contribution in [2.24, 2.45) is 0 Å². The number of hydrogen-bond donors (Lipinski definition) is 1. The van der Waals surface area contributed by atoms with Crippen LogP contribution >= 0.6 is 0 Å². The Morgan fingerprint density at radius 2 is 1.68 bits per heavy atom. The average molecular weight is 344 g/mol. The smallest absolute Gasteiger partial charge is 0.251 e. The molecule has 0 heterocycles. The molecular formula is C21H32N2O2. The Balaban J connectivity index is 1.78. The van der Waals surface area contributed by atoms with Crippen LogP contribution in [0.1, 0.15) is 75.2 Å². The van der Waals surface area contributed by atoms with Crippen LogP contribution in [-0.2, 0) is 10.2 Å². The van der Waals surface area contributed by atoms with Crippen LogP contribution in [0.15, 0.2) is 24.3 Å². The molecule has 1 aliphatic carbocycles. The third-order valence-corrected chi connectivity index (χ3v) is 5.15. The van der Waals surface area contributed by atoms with E-state index in [2.05, 4.69) is 26.1 Å². The standard InChI is InChI=1S/C21H32N2O2/c1-21(2,3)17-12-10-16(11-13-17)20(25)22-15-14-19(24)23(4)18-8-6-5-7-9-18/h10-13,18H,5-9,14-15H2,1-4H3,(H,22,25). The van der Waals surface area contributed by atoms with Crippen LogP contribution in [0.5, 0.6) is 0 Å². The van der Waals surface area contributed by atoms with E-state index >= 15 is 0 Å². The summed E-state index contributed by atoms with van der Waals surface area (Å²) in [6.45, 7) is 6.83. The lowest BCUT2D eigenvalue weighted by atomic mass is 9.87. The van der Waals surface area contributed by atoms with Crippen LogP contribution in [0.25, 0.3) is 0 Å². The van der Waals surface area contributed by atoms with E-state index in [-0.39, 0.29) is 17.2 Å². The molecule has 1 fully saturated rings. The third-order valence-electron chi connectivity index (χ3n) is 5.15. The van der Waals surface area contributed by atoms with Gasteiger partial charge in [-0.05, 0) is 36.0 Å². The molecule has 0 atom stereocenters. The van der Waals surface area contributed by atoms with E-state index in [1.807, 2.05) is 36.2 Å². The molecule has 0 aromatic heterocycles. The molecule has 0 saturated heterocycles.